The molecule has 0 fully saturated rings. The van der Waals surface area contributed by atoms with Crippen molar-refractivity contribution in [3.8, 4) is 10.7 Å². The molecule has 22 heavy (non-hydrogen) atoms. The predicted octanol–water partition coefficient (Wildman–Crippen LogP) is 5.39. The summed E-state index contributed by atoms with van der Waals surface area (Å²) in [4.78, 5) is 3.48. The maximum absolute atomic E-state index is 3.48. The average Bonchev–Trinajstić information content (AvgIpc) is 2.42. The minimum absolute atomic E-state index is 0.267. The monoisotopic (exact) mass is 364 g/mol. The second-order valence-electron chi connectivity index (χ2n) is 7.47. The van der Waals surface area contributed by atoms with Crippen molar-refractivity contribution >= 4 is 19.4 Å². The van der Waals surface area contributed by atoms with Crippen LogP contribution in [0.4, 0.5) is 0 Å². The van der Waals surface area contributed by atoms with Gasteiger partial charge in [-0.1, -0.05) is 0 Å². The summed E-state index contributed by atoms with van der Waals surface area (Å²) in [6.45, 7) is 18.3. The molecular formula is C21H32Se. The summed E-state index contributed by atoms with van der Waals surface area (Å²) in [7, 11) is 0. The molecule has 0 unspecified atom stereocenters. The van der Waals surface area contributed by atoms with E-state index >= 15 is 0 Å². The fourth-order valence-corrected chi connectivity index (χ4v) is 4.61. The molecule has 0 aliphatic rings. The van der Waals surface area contributed by atoms with Crippen LogP contribution in [0.1, 0.15) is 96.3 Å². The van der Waals surface area contributed by atoms with Gasteiger partial charge in [0.2, 0.25) is 0 Å². The molecular weight excluding hydrogens is 331 g/mol. The number of hydrogen-bond acceptors (Lipinski definition) is 0. The Morgan fingerprint density at radius 3 is 1.68 bits per heavy atom. The normalized spacial score (nSPS) is 11.5. The molecule has 1 heteroatoms. The maximum atomic E-state index is 3.48. The third-order valence-electron chi connectivity index (χ3n) is 3.81. The molecule has 0 saturated carbocycles. The van der Waals surface area contributed by atoms with E-state index in [9.17, 15) is 0 Å². The van der Waals surface area contributed by atoms with Crippen molar-refractivity contribution in [3.63, 3.8) is 0 Å². The van der Waals surface area contributed by atoms with Crippen molar-refractivity contribution in [3.05, 3.63) is 28.8 Å². The molecule has 0 nitrogen and oxygen atoms in total. The quantitative estimate of drug-likeness (QED) is 0.486. The molecule has 0 heterocycles. The molecule has 0 spiro atoms. The predicted molar refractivity (Wildman–Crippen MR) is 101 cm³/mol. The molecule has 122 valence electrons. The van der Waals surface area contributed by atoms with Crippen LogP contribution in [-0.4, -0.2) is 15.0 Å². The summed E-state index contributed by atoms with van der Waals surface area (Å²) in [6.07, 6.45) is 1.01. The van der Waals surface area contributed by atoms with E-state index < -0.39 is 0 Å². The summed E-state index contributed by atoms with van der Waals surface area (Å²) in [5, 5.41) is 0. The molecule has 1 rings (SSSR count). The Kier molecular flexibility index (Phi) is 7.75. The SMILES string of the molecule is CC(C)CC#C[Se]c1c(C(C)C)cc(C(C)C)cc1C(C)C. The molecule has 0 aliphatic carbocycles. The van der Waals surface area contributed by atoms with Crippen LogP contribution >= 0.6 is 0 Å². The van der Waals surface area contributed by atoms with Crippen LogP contribution in [0, 0.1) is 16.7 Å². The van der Waals surface area contributed by atoms with Crippen LogP contribution < -0.4 is 4.46 Å². The zero-order chi connectivity index (χ0) is 16.9. The molecule has 0 aromatic heterocycles. The van der Waals surface area contributed by atoms with Crippen LogP contribution in [-0.2, 0) is 0 Å². The van der Waals surface area contributed by atoms with E-state index in [1.807, 2.05) is 0 Å². The molecule has 0 saturated heterocycles. The van der Waals surface area contributed by atoms with Gasteiger partial charge in [0.25, 0.3) is 0 Å². The molecule has 1 aromatic rings. The Morgan fingerprint density at radius 1 is 0.818 bits per heavy atom. The first-order chi connectivity index (χ1) is 10.2. The van der Waals surface area contributed by atoms with Crippen molar-refractivity contribution in [2.45, 2.75) is 79.6 Å². The molecule has 0 radical (unpaired) electrons. The third-order valence-corrected chi connectivity index (χ3v) is 5.75. The van der Waals surface area contributed by atoms with Gasteiger partial charge in [0, 0.05) is 0 Å². The minimum atomic E-state index is 0.267. The van der Waals surface area contributed by atoms with Gasteiger partial charge in [0.15, 0.2) is 0 Å². The van der Waals surface area contributed by atoms with E-state index in [4.69, 9.17) is 0 Å². The number of benzene rings is 1. The van der Waals surface area contributed by atoms with Gasteiger partial charge >= 0.3 is 144 Å². The van der Waals surface area contributed by atoms with E-state index in [0.717, 1.165) is 6.42 Å². The van der Waals surface area contributed by atoms with Gasteiger partial charge in [-0.05, 0) is 0 Å². The van der Waals surface area contributed by atoms with Crippen LogP contribution in [0.3, 0.4) is 0 Å². The van der Waals surface area contributed by atoms with Gasteiger partial charge in [0.05, 0.1) is 0 Å². The Hall–Kier alpha value is -0.701. The van der Waals surface area contributed by atoms with E-state index in [1.165, 1.54) is 21.2 Å². The van der Waals surface area contributed by atoms with Gasteiger partial charge in [-0.25, -0.2) is 0 Å². The molecule has 0 atom stereocenters. The topological polar surface area (TPSA) is 0 Å². The van der Waals surface area contributed by atoms with E-state index in [1.54, 1.807) is 0 Å². The first-order valence-electron chi connectivity index (χ1n) is 8.56. The fourth-order valence-electron chi connectivity index (χ4n) is 2.34. The van der Waals surface area contributed by atoms with Crippen molar-refractivity contribution < 1.29 is 0 Å². The summed E-state index contributed by atoms with van der Waals surface area (Å²) in [6, 6.07) is 4.87. The van der Waals surface area contributed by atoms with Crippen LogP contribution in [0.2, 0.25) is 0 Å². The zero-order valence-corrected chi connectivity index (χ0v) is 17.3. The van der Waals surface area contributed by atoms with E-state index in [2.05, 4.69) is 78.3 Å². The molecule has 0 N–H and O–H groups in total. The van der Waals surface area contributed by atoms with E-state index in [-0.39, 0.29) is 15.0 Å². The molecule has 0 amide bonds. The standard InChI is InChI=1S/C21H32Se/c1-14(2)10-9-11-22-21-19(16(5)6)12-18(15(3)4)13-20(21)17(7)8/h12-17H,10H2,1-8H3. The Bertz CT molecular complexity index is 510. The van der Waals surface area contributed by atoms with Crippen LogP contribution in [0.25, 0.3) is 0 Å². The van der Waals surface area contributed by atoms with Gasteiger partial charge in [-0.3, -0.25) is 0 Å². The van der Waals surface area contributed by atoms with E-state index in [0.29, 0.717) is 23.7 Å². The number of hydrogen-bond donors (Lipinski definition) is 0. The molecule has 1 aromatic carbocycles. The van der Waals surface area contributed by atoms with Gasteiger partial charge in [0.1, 0.15) is 0 Å². The van der Waals surface area contributed by atoms with Crippen molar-refractivity contribution in [2.75, 3.05) is 0 Å². The molecule has 0 aliphatic heterocycles. The van der Waals surface area contributed by atoms with Crippen molar-refractivity contribution in [1.29, 1.82) is 0 Å². The van der Waals surface area contributed by atoms with Gasteiger partial charge < -0.3 is 0 Å². The van der Waals surface area contributed by atoms with Crippen LogP contribution in [0.5, 0.6) is 0 Å². The summed E-state index contributed by atoms with van der Waals surface area (Å²) in [5.41, 5.74) is 4.52. The van der Waals surface area contributed by atoms with Gasteiger partial charge in [-0.15, -0.1) is 0 Å². The second-order valence-corrected chi connectivity index (χ2v) is 9.18. The fraction of sp³-hybridized carbons (Fsp3) is 0.619. The first-order valence-corrected chi connectivity index (χ1v) is 10.3. The summed E-state index contributed by atoms with van der Waals surface area (Å²) < 4.78 is 1.54. The zero-order valence-electron chi connectivity index (χ0n) is 15.6. The number of rotatable bonds is 5. The molecule has 0 bridgehead atoms. The van der Waals surface area contributed by atoms with Crippen molar-refractivity contribution in [1.82, 2.24) is 0 Å². The summed E-state index contributed by atoms with van der Waals surface area (Å²) in [5.74, 6) is 5.77. The third kappa shape index (κ3) is 5.49. The van der Waals surface area contributed by atoms with Crippen molar-refractivity contribution in [2.24, 2.45) is 5.92 Å². The average molecular weight is 363 g/mol. The first kappa shape index (κ1) is 19.3. The Morgan fingerprint density at radius 2 is 1.32 bits per heavy atom. The van der Waals surface area contributed by atoms with Gasteiger partial charge in [-0.2, -0.15) is 0 Å². The Labute approximate surface area is 144 Å². The Balaban J connectivity index is 3.28. The summed E-state index contributed by atoms with van der Waals surface area (Å²) >= 11 is 0.267. The second kappa shape index (κ2) is 8.81. The van der Waals surface area contributed by atoms with Crippen LogP contribution in [0.15, 0.2) is 12.1 Å².